The summed E-state index contributed by atoms with van der Waals surface area (Å²) in [7, 11) is 0. The van der Waals surface area contributed by atoms with Crippen molar-refractivity contribution in [2.75, 3.05) is 6.54 Å². The standard InChI is InChI=1S/C53H99NO6/c1-4-7-10-13-16-19-22-25-28-31-34-37-40-43-48(55)52(60-50(57)45-42-39-36-33-30-27-24-21-18-15-12-9-6-3)46-47-54-53(52,51(58)59)49(56)44-41-38-35-32-29-26-23-20-17-14-11-8-5-2/h54H,4-47H2,1-3H3,(H,58,59)/t52?,53-/m1/s1. The smallest absolute Gasteiger partial charge is 0.336 e. The molecule has 2 N–H and O–H groups in total. The number of esters is 1. The minimum absolute atomic E-state index is 0.0191. The van der Waals surface area contributed by atoms with E-state index in [1.807, 2.05) is 0 Å². The van der Waals surface area contributed by atoms with Crippen molar-refractivity contribution >= 4 is 23.5 Å². The number of carbonyl (C=O) groups is 4. The summed E-state index contributed by atoms with van der Waals surface area (Å²) in [6, 6.07) is 0. The lowest BCUT2D eigenvalue weighted by Crippen LogP contribution is -2.71. The van der Waals surface area contributed by atoms with Crippen LogP contribution in [-0.2, 0) is 23.9 Å². The van der Waals surface area contributed by atoms with Crippen molar-refractivity contribution in [1.82, 2.24) is 5.32 Å². The Hall–Kier alpha value is -1.76. The average molecular weight is 846 g/mol. The van der Waals surface area contributed by atoms with Gasteiger partial charge in [0.2, 0.25) is 11.1 Å². The van der Waals surface area contributed by atoms with Gasteiger partial charge in [-0.25, -0.2) is 4.79 Å². The summed E-state index contributed by atoms with van der Waals surface area (Å²) in [5.41, 5.74) is -4.24. The highest BCUT2D eigenvalue weighted by molar-refractivity contribution is 6.16. The van der Waals surface area contributed by atoms with Crippen molar-refractivity contribution in [3.05, 3.63) is 0 Å². The zero-order valence-electron chi connectivity index (χ0n) is 40.1. The van der Waals surface area contributed by atoms with Gasteiger partial charge >= 0.3 is 11.9 Å². The van der Waals surface area contributed by atoms with Gasteiger partial charge in [0.1, 0.15) is 0 Å². The first-order chi connectivity index (χ1) is 29.3. The van der Waals surface area contributed by atoms with E-state index in [1.165, 1.54) is 173 Å². The van der Waals surface area contributed by atoms with E-state index in [9.17, 15) is 24.3 Å². The molecule has 1 rings (SSSR count). The Morgan fingerprint density at radius 3 is 0.967 bits per heavy atom. The number of unbranched alkanes of at least 4 members (excludes halogenated alkanes) is 36. The van der Waals surface area contributed by atoms with Gasteiger partial charge in [0.05, 0.1) is 0 Å². The van der Waals surface area contributed by atoms with Crippen LogP contribution in [0.4, 0.5) is 0 Å². The largest absolute Gasteiger partial charge is 0.479 e. The molecule has 1 fully saturated rings. The fourth-order valence-electron chi connectivity index (χ4n) is 9.51. The van der Waals surface area contributed by atoms with Gasteiger partial charge in [-0.1, -0.05) is 252 Å². The molecule has 0 saturated carbocycles. The Balaban J connectivity index is 2.70. The summed E-state index contributed by atoms with van der Waals surface area (Å²) in [6.45, 7) is 6.90. The van der Waals surface area contributed by atoms with Gasteiger partial charge in [-0.3, -0.25) is 19.7 Å². The fourth-order valence-corrected chi connectivity index (χ4v) is 9.51. The second-order valence-electron chi connectivity index (χ2n) is 18.9. The number of carboxylic acids is 1. The SMILES string of the molecule is CCCCCCCCCCCCCCCC(=O)OC1(C(=O)CCCCCCCCCCCCCCC)CCN[C@@]1(C(=O)O)C(=O)CCCCCCCCCCCCCCC. The molecule has 2 atom stereocenters. The first kappa shape index (κ1) is 56.3. The number of ketones is 2. The summed E-state index contributed by atoms with van der Waals surface area (Å²) < 4.78 is 6.10. The van der Waals surface area contributed by atoms with E-state index in [2.05, 4.69) is 26.1 Å². The normalized spacial score (nSPS) is 17.6. The third-order valence-corrected chi connectivity index (χ3v) is 13.4. The van der Waals surface area contributed by atoms with Crippen LogP contribution in [-0.4, -0.2) is 46.3 Å². The lowest BCUT2D eigenvalue weighted by Gasteiger charge is -2.39. The summed E-state index contributed by atoms with van der Waals surface area (Å²) in [5.74, 6) is -2.88. The monoisotopic (exact) mass is 846 g/mol. The molecule has 0 radical (unpaired) electrons. The Labute approximate surface area is 371 Å². The van der Waals surface area contributed by atoms with Crippen LogP contribution in [0, 0.1) is 0 Å². The molecule has 0 aromatic carbocycles. The third-order valence-electron chi connectivity index (χ3n) is 13.4. The average Bonchev–Trinajstić information content (AvgIpc) is 3.63. The fraction of sp³-hybridized carbons (Fsp3) is 0.925. The molecule has 60 heavy (non-hydrogen) atoms. The number of carboxylic acid groups (broad SMARTS) is 1. The van der Waals surface area contributed by atoms with Crippen molar-refractivity contribution in [2.24, 2.45) is 0 Å². The van der Waals surface area contributed by atoms with Gasteiger partial charge in [-0.15, -0.1) is 0 Å². The van der Waals surface area contributed by atoms with E-state index >= 15 is 0 Å². The second kappa shape index (κ2) is 38.9. The number of rotatable bonds is 46. The van der Waals surface area contributed by atoms with Crippen molar-refractivity contribution in [1.29, 1.82) is 0 Å². The van der Waals surface area contributed by atoms with Crippen LogP contribution in [0.25, 0.3) is 0 Å². The molecular formula is C53H99NO6. The van der Waals surface area contributed by atoms with Crippen LogP contribution in [0.15, 0.2) is 0 Å². The van der Waals surface area contributed by atoms with Crippen LogP contribution in [0.1, 0.15) is 297 Å². The summed E-state index contributed by atoms with van der Waals surface area (Å²) in [4.78, 5) is 55.1. The molecule has 0 aliphatic carbocycles. The highest BCUT2D eigenvalue weighted by Crippen LogP contribution is 2.40. The predicted molar refractivity (Wildman–Crippen MR) is 253 cm³/mol. The number of carbonyl (C=O) groups excluding carboxylic acids is 3. The van der Waals surface area contributed by atoms with Crippen LogP contribution in [0.5, 0.6) is 0 Å². The molecule has 0 spiro atoms. The van der Waals surface area contributed by atoms with Crippen molar-refractivity contribution < 1.29 is 29.0 Å². The molecule has 0 aromatic heterocycles. The van der Waals surface area contributed by atoms with E-state index in [0.717, 1.165) is 57.8 Å². The molecule has 1 aliphatic rings. The number of nitrogens with one attached hydrogen (secondary N) is 1. The molecule has 1 unspecified atom stereocenters. The molecule has 7 nitrogen and oxygen atoms in total. The Morgan fingerprint density at radius 2 is 0.667 bits per heavy atom. The van der Waals surface area contributed by atoms with Crippen molar-refractivity contribution in [3.8, 4) is 0 Å². The Morgan fingerprint density at radius 1 is 0.400 bits per heavy atom. The Kier molecular flexibility index (Phi) is 36.5. The molecule has 352 valence electrons. The first-order valence-electron chi connectivity index (χ1n) is 26.6. The molecule has 0 aromatic rings. The lowest BCUT2D eigenvalue weighted by atomic mass is 9.72. The first-order valence-corrected chi connectivity index (χ1v) is 26.6. The number of hydrogen-bond donors (Lipinski definition) is 2. The minimum atomic E-state index is -2.23. The maximum absolute atomic E-state index is 14.3. The van der Waals surface area contributed by atoms with Gasteiger partial charge < -0.3 is 9.84 Å². The number of Topliss-reactive ketones (excluding diaryl/α,β-unsaturated/α-hetero) is 2. The van der Waals surface area contributed by atoms with Crippen LogP contribution >= 0.6 is 0 Å². The molecule has 0 bridgehead atoms. The van der Waals surface area contributed by atoms with Gasteiger partial charge in [0.25, 0.3) is 0 Å². The van der Waals surface area contributed by atoms with Crippen LogP contribution in [0.3, 0.4) is 0 Å². The van der Waals surface area contributed by atoms with E-state index < -0.39 is 34.6 Å². The van der Waals surface area contributed by atoms with E-state index in [4.69, 9.17) is 4.74 Å². The van der Waals surface area contributed by atoms with Gasteiger partial charge in [0, 0.05) is 32.2 Å². The number of hydrogen-bond acceptors (Lipinski definition) is 6. The maximum Gasteiger partial charge on any atom is 0.336 e. The molecule has 1 saturated heterocycles. The molecular weight excluding hydrogens is 747 g/mol. The number of ether oxygens (including phenoxy) is 1. The van der Waals surface area contributed by atoms with Crippen LogP contribution in [0.2, 0.25) is 0 Å². The molecule has 7 heteroatoms. The van der Waals surface area contributed by atoms with Crippen LogP contribution < -0.4 is 5.32 Å². The van der Waals surface area contributed by atoms with E-state index in [0.29, 0.717) is 19.3 Å². The van der Waals surface area contributed by atoms with Gasteiger partial charge in [0.15, 0.2) is 11.6 Å². The van der Waals surface area contributed by atoms with Gasteiger partial charge in [-0.2, -0.15) is 0 Å². The highest BCUT2D eigenvalue weighted by atomic mass is 16.6. The summed E-state index contributed by atoms with van der Waals surface area (Å²) >= 11 is 0. The quantitative estimate of drug-likeness (QED) is 0.0357. The molecule has 0 amide bonds. The highest BCUT2D eigenvalue weighted by Gasteiger charge is 2.70. The van der Waals surface area contributed by atoms with E-state index in [-0.39, 0.29) is 32.2 Å². The number of aliphatic carboxylic acids is 1. The zero-order valence-corrected chi connectivity index (χ0v) is 40.1. The topological polar surface area (TPSA) is 110 Å². The zero-order chi connectivity index (χ0) is 43.8. The third kappa shape index (κ3) is 24.8. The van der Waals surface area contributed by atoms with Crippen molar-refractivity contribution in [2.45, 2.75) is 308 Å². The van der Waals surface area contributed by atoms with Crippen molar-refractivity contribution in [3.63, 3.8) is 0 Å². The minimum Gasteiger partial charge on any atom is -0.479 e. The Bertz CT molecular complexity index is 1060. The maximum atomic E-state index is 14.3. The summed E-state index contributed by atoms with van der Waals surface area (Å²) in [5, 5.41) is 13.8. The molecule has 1 heterocycles. The van der Waals surface area contributed by atoms with Gasteiger partial charge in [-0.05, 0) is 19.3 Å². The lowest BCUT2D eigenvalue weighted by molar-refractivity contribution is -0.183. The molecule has 1 aliphatic heterocycles. The predicted octanol–water partition coefficient (Wildman–Crippen LogP) is 15.7. The van der Waals surface area contributed by atoms with E-state index in [1.54, 1.807) is 0 Å². The summed E-state index contributed by atoms with van der Waals surface area (Å²) in [6.07, 6.45) is 46.4. The second-order valence-corrected chi connectivity index (χ2v) is 18.9.